The Morgan fingerprint density at radius 2 is 2.11 bits per heavy atom. The Balaban J connectivity index is 2.30. The van der Waals surface area contributed by atoms with Crippen molar-refractivity contribution < 1.29 is 4.74 Å². The fraction of sp³-hybridized carbons (Fsp3) is 0.286. The molecular formula is C14H14BrClOS. The van der Waals surface area contributed by atoms with Crippen molar-refractivity contribution in [3.05, 3.63) is 50.1 Å². The average Bonchev–Trinajstić information content (AvgIpc) is 2.86. The van der Waals surface area contributed by atoms with Crippen LogP contribution in [0.2, 0.25) is 0 Å². The molecule has 96 valence electrons. The van der Waals surface area contributed by atoms with Crippen LogP contribution >= 0.6 is 38.9 Å². The predicted molar refractivity (Wildman–Crippen MR) is 82.1 cm³/mol. The van der Waals surface area contributed by atoms with E-state index in [1.165, 1.54) is 9.75 Å². The van der Waals surface area contributed by atoms with Crippen LogP contribution in [0, 0.1) is 0 Å². The first-order chi connectivity index (χ1) is 8.65. The van der Waals surface area contributed by atoms with Crippen molar-refractivity contribution in [3.63, 3.8) is 0 Å². The molecule has 18 heavy (non-hydrogen) atoms. The Hall–Kier alpha value is -0.510. The Kier molecular flexibility index (Phi) is 4.71. The third-order valence-corrected chi connectivity index (χ3v) is 5.34. The lowest BCUT2D eigenvalue weighted by Gasteiger charge is -2.11. The highest BCUT2D eigenvalue weighted by Crippen LogP contribution is 2.38. The second-order valence-corrected chi connectivity index (χ2v) is 6.40. The topological polar surface area (TPSA) is 9.23 Å². The van der Waals surface area contributed by atoms with Crippen molar-refractivity contribution in [1.29, 1.82) is 0 Å². The van der Waals surface area contributed by atoms with E-state index in [4.69, 9.17) is 16.3 Å². The van der Waals surface area contributed by atoms with Gasteiger partial charge < -0.3 is 4.74 Å². The van der Waals surface area contributed by atoms with Crippen LogP contribution in [0.1, 0.15) is 27.6 Å². The molecule has 1 heterocycles. The van der Waals surface area contributed by atoms with Crippen molar-refractivity contribution in [2.45, 2.75) is 18.7 Å². The molecule has 1 unspecified atom stereocenters. The molecule has 0 aliphatic carbocycles. The van der Waals surface area contributed by atoms with Crippen LogP contribution in [0.5, 0.6) is 5.75 Å². The zero-order valence-electron chi connectivity index (χ0n) is 10.2. The minimum atomic E-state index is -0.115. The largest absolute Gasteiger partial charge is 0.497 e. The molecule has 2 rings (SSSR count). The molecule has 0 amide bonds. The van der Waals surface area contributed by atoms with Gasteiger partial charge in [0, 0.05) is 14.2 Å². The number of methoxy groups -OCH3 is 1. The summed E-state index contributed by atoms with van der Waals surface area (Å²) in [5, 5.41) is -0.115. The van der Waals surface area contributed by atoms with E-state index in [1.807, 2.05) is 18.2 Å². The lowest BCUT2D eigenvalue weighted by atomic mass is 10.1. The van der Waals surface area contributed by atoms with Crippen LogP contribution in [0.3, 0.4) is 0 Å². The van der Waals surface area contributed by atoms with Gasteiger partial charge in [0.05, 0.1) is 12.5 Å². The minimum absolute atomic E-state index is 0.115. The van der Waals surface area contributed by atoms with Gasteiger partial charge in [-0.3, -0.25) is 0 Å². The van der Waals surface area contributed by atoms with Gasteiger partial charge in [0.2, 0.25) is 0 Å². The molecular weight excluding hydrogens is 332 g/mol. The zero-order valence-corrected chi connectivity index (χ0v) is 13.4. The Bertz CT molecular complexity index is 538. The summed E-state index contributed by atoms with van der Waals surface area (Å²) in [7, 11) is 1.66. The summed E-state index contributed by atoms with van der Waals surface area (Å²) >= 11 is 11.9. The van der Waals surface area contributed by atoms with Gasteiger partial charge >= 0.3 is 0 Å². The molecule has 4 heteroatoms. The zero-order chi connectivity index (χ0) is 13.1. The molecule has 1 aromatic heterocycles. The van der Waals surface area contributed by atoms with Crippen LogP contribution in [-0.4, -0.2) is 7.11 Å². The van der Waals surface area contributed by atoms with Crippen LogP contribution in [-0.2, 0) is 6.42 Å². The van der Waals surface area contributed by atoms with Gasteiger partial charge in [0.15, 0.2) is 0 Å². The second-order valence-electron chi connectivity index (χ2n) is 3.91. The summed E-state index contributed by atoms with van der Waals surface area (Å²) in [4.78, 5) is 2.54. The summed E-state index contributed by atoms with van der Waals surface area (Å²) in [5.41, 5.74) is 1.07. The highest BCUT2D eigenvalue weighted by atomic mass is 79.9. The van der Waals surface area contributed by atoms with E-state index in [0.29, 0.717) is 0 Å². The maximum absolute atomic E-state index is 6.54. The molecule has 0 radical (unpaired) electrons. The molecule has 0 spiro atoms. The molecule has 0 aliphatic heterocycles. The first-order valence-corrected chi connectivity index (χ1v) is 7.76. The first-order valence-electron chi connectivity index (χ1n) is 5.71. The molecule has 2 aromatic rings. The van der Waals surface area contributed by atoms with Crippen molar-refractivity contribution in [2.75, 3.05) is 7.11 Å². The van der Waals surface area contributed by atoms with E-state index in [0.717, 1.165) is 22.2 Å². The van der Waals surface area contributed by atoms with E-state index in [1.54, 1.807) is 18.4 Å². The summed E-state index contributed by atoms with van der Waals surface area (Å²) < 4.78 is 6.17. The Labute approximate surface area is 125 Å². The molecule has 1 aromatic carbocycles. The first kappa shape index (κ1) is 13.9. The number of thiophene rings is 1. The summed E-state index contributed by atoms with van der Waals surface area (Å²) in [6.45, 7) is 2.15. The van der Waals surface area contributed by atoms with Crippen LogP contribution in [0.15, 0.2) is 34.8 Å². The SMILES string of the molecule is CCc1ccc(C(Cl)c2ccc(OC)cc2Br)s1. The van der Waals surface area contributed by atoms with Gasteiger partial charge in [0.25, 0.3) is 0 Å². The van der Waals surface area contributed by atoms with Crippen molar-refractivity contribution in [3.8, 4) is 5.75 Å². The third kappa shape index (κ3) is 2.90. The van der Waals surface area contributed by atoms with Gasteiger partial charge in [-0.05, 0) is 36.2 Å². The smallest absolute Gasteiger partial charge is 0.120 e. The molecule has 1 atom stereocenters. The number of hydrogen-bond acceptors (Lipinski definition) is 2. The van der Waals surface area contributed by atoms with E-state index >= 15 is 0 Å². The molecule has 0 saturated carbocycles. The Morgan fingerprint density at radius 1 is 1.33 bits per heavy atom. The molecule has 0 aliphatic rings. The van der Waals surface area contributed by atoms with Gasteiger partial charge in [-0.15, -0.1) is 22.9 Å². The summed E-state index contributed by atoms with van der Waals surface area (Å²) in [5.74, 6) is 0.829. The maximum atomic E-state index is 6.54. The van der Waals surface area contributed by atoms with E-state index < -0.39 is 0 Å². The molecule has 0 saturated heterocycles. The maximum Gasteiger partial charge on any atom is 0.120 e. The molecule has 0 fully saturated rings. The lowest BCUT2D eigenvalue weighted by molar-refractivity contribution is 0.414. The minimum Gasteiger partial charge on any atom is -0.497 e. The number of rotatable bonds is 4. The van der Waals surface area contributed by atoms with Crippen LogP contribution in [0.25, 0.3) is 0 Å². The number of halogens is 2. The number of ether oxygens (including phenoxy) is 1. The van der Waals surface area contributed by atoms with Crippen LogP contribution < -0.4 is 4.74 Å². The monoisotopic (exact) mass is 344 g/mol. The molecule has 0 bridgehead atoms. The standard InChI is InChI=1S/C14H14BrClOS/c1-3-10-5-7-13(18-10)14(16)11-6-4-9(17-2)8-12(11)15/h4-8,14H,3H2,1-2H3. The summed E-state index contributed by atoms with van der Waals surface area (Å²) in [6, 6.07) is 10.1. The van der Waals surface area contributed by atoms with Crippen LogP contribution in [0.4, 0.5) is 0 Å². The average molecular weight is 346 g/mol. The normalized spacial score (nSPS) is 12.4. The fourth-order valence-electron chi connectivity index (χ4n) is 1.71. The number of alkyl halides is 1. The lowest BCUT2D eigenvalue weighted by Crippen LogP contribution is -1.93. The summed E-state index contributed by atoms with van der Waals surface area (Å²) in [6.07, 6.45) is 1.05. The van der Waals surface area contributed by atoms with Gasteiger partial charge in [-0.25, -0.2) is 0 Å². The fourth-order valence-corrected chi connectivity index (χ4v) is 3.78. The van der Waals surface area contributed by atoms with E-state index in [-0.39, 0.29) is 5.38 Å². The number of benzene rings is 1. The highest BCUT2D eigenvalue weighted by molar-refractivity contribution is 9.10. The van der Waals surface area contributed by atoms with Crippen molar-refractivity contribution in [2.24, 2.45) is 0 Å². The molecule has 1 nitrogen and oxygen atoms in total. The molecule has 0 N–H and O–H groups in total. The number of aryl methyl sites for hydroxylation is 1. The van der Waals surface area contributed by atoms with E-state index in [2.05, 4.69) is 35.0 Å². The van der Waals surface area contributed by atoms with Gasteiger partial charge in [0.1, 0.15) is 5.75 Å². The van der Waals surface area contributed by atoms with Crippen molar-refractivity contribution in [1.82, 2.24) is 0 Å². The van der Waals surface area contributed by atoms with Gasteiger partial charge in [-0.1, -0.05) is 28.9 Å². The van der Waals surface area contributed by atoms with Crippen molar-refractivity contribution >= 4 is 38.9 Å². The third-order valence-electron chi connectivity index (χ3n) is 2.76. The van der Waals surface area contributed by atoms with E-state index in [9.17, 15) is 0 Å². The number of hydrogen-bond donors (Lipinski definition) is 0. The quantitative estimate of drug-likeness (QED) is 0.673. The Morgan fingerprint density at radius 3 is 2.67 bits per heavy atom. The predicted octanol–water partition coefficient (Wildman–Crippen LogP) is 5.41. The highest BCUT2D eigenvalue weighted by Gasteiger charge is 2.16. The van der Waals surface area contributed by atoms with Gasteiger partial charge in [-0.2, -0.15) is 0 Å². The second kappa shape index (κ2) is 6.09.